The molecule has 3 heterocycles. The van der Waals surface area contributed by atoms with Crippen LogP contribution in [0.25, 0.3) is 0 Å². The highest BCUT2D eigenvalue weighted by Crippen LogP contribution is 2.33. The monoisotopic (exact) mass is 337 g/mol. The molecule has 0 spiro atoms. The molecule has 126 valence electrons. The van der Waals surface area contributed by atoms with Crippen molar-refractivity contribution < 1.29 is 14.3 Å². The molecule has 2 saturated heterocycles. The third-order valence-corrected chi connectivity index (χ3v) is 5.91. The third-order valence-electron chi connectivity index (χ3n) is 4.68. The summed E-state index contributed by atoms with van der Waals surface area (Å²) in [5.74, 6) is 1.97. The minimum Gasteiger partial charge on any atom is -0.379 e. The number of carbonyl (C=O) groups is 2. The summed E-state index contributed by atoms with van der Waals surface area (Å²) >= 11 is 1.94. The molecule has 1 aromatic heterocycles. The largest absolute Gasteiger partial charge is 0.379 e. The maximum Gasteiger partial charge on any atom is 0.267 e. The zero-order valence-electron chi connectivity index (χ0n) is 13.4. The molecule has 1 atom stereocenters. The Kier molecular flexibility index (Phi) is 5.08. The number of hydrogen-bond acceptors (Lipinski definition) is 5. The van der Waals surface area contributed by atoms with Crippen LogP contribution in [-0.2, 0) is 4.74 Å². The number of rotatable bonds is 5. The first-order chi connectivity index (χ1) is 11.1. The number of nitrogens with one attached hydrogen (secondary N) is 2. The molecule has 2 aliphatic heterocycles. The number of aromatic nitrogens is 1. The number of amides is 1. The number of Topliss-reactive ketones (excluding diaryl/α,β-unsaturated/α-hetero) is 1. The van der Waals surface area contributed by atoms with E-state index in [-0.39, 0.29) is 17.2 Å². The van der Waals surface area contributed by atoms with Gasteiger partial charge in [-0.05, 0) is 25.2 Å². The zero-order chi connectivity index (χ0) is 16.3. The normalized spacial score (nSPS) is 25.4. The van der Waals surface area contributed by atoms with Gasteiger partial charge < -0.3 is 15.0 Å². The summed E-state index contributed by atoms with van der Waals surface area (Å²) < 4.78 is 5.45. The van der Waals surface area contributed by atoms with Crippen molar-refractivity contribution in [3.05, 3.63) is 23.5 Å². The molecule has 1 amide bonds. The maximum atomic E-state index is 12.4. The molecular weight excluding hydrogens is 314 g/mol. The Morgan fingerprint density at radius 3 is 2.83 bits per heavy atom. The average molecular weight is 337 g/mol. The number of aromatic amines is 1. The van der Waals surface area contributed by atoms with Gasteiger partial charge in [-0.25, -0.2) is 0 Å². The Morgan fingerprint density at radius 2 is 2.22 bits per heavy atom. The number of carbonyl (C=O) groups excluding carboxylic acids is 2. The molecule has 2 fully saturated rings. The lowest BCUT2D eigenvalue weighted by molar-refractivity contribution is -0.0129. The van der Waals surface area contributed by atoms with E-state index in [1.54, 1.807) is 12.3 Å². The number of hydrogen-bond donors (Lipinski definition) is 2. The summed E-state index contributed by atoms with van der Waals surface area (Å²) in [6.45, 7) is 5.50. The summed E-state index contributed by atoms with van der Waals surface area (Å²) in [5, 5.41) is 3.05. The second kappa shape index (κ2) is 7.07. The lowest BCUT2D eigenvalue weighted by Crippen LogP contribution is -2.59. The molecular formula is C16H23N3O3S. The number of ether oxygens (including phenoxy) is 1. The highest BCUT2D eigenvalue weighted by molar-refractivity contribution is 7.99. The van der Waals surface area contributed by atoms with E-state index in [2.05, 4.69) is 15.2 Å². The smallest absolute Gasteiger partial charge is 0.267 e. The van der Waals surface area contributed by atoms with Gasteiger partial charge in [0.05, 0.1) is 13.2 Å². The van der Waals surface area contributed by atoms with Gasteiger partial charge in [-0.3, -0.25) is 14.5 Å². The summed E-state index contributed by atoms with van der Waals surface area (Å²) in [7, 11) is 0. The number of nitrogens with zero attached hydrogens (tertiary/aromatic N) is 1. The van der Waals surface area contributed by atoms with Crippen LogP contribution in [0, 0.1) is 0 Å². The van der Waals surface area contributed by atoms with Crippen molar-refractivity contribution in [3.63, 3.8) is 0 Å². The van der Waals surface area contributed by atoms with Crippen LogP contribution in [0.5, 0.6) is 0 Å². The van der Waals surface area contributed by atoms with Crippen LogP contribution in [0.15, 0.2) is 12.3 Å². The van der Waals surface area contributed by atoms with Gasteiger partial charge in [0.1, 0.15) is 5.69 Å². The minimum absolute atomic E-state index is 0.0279. The standard InChI is InChI=1S/C16H23N3O3S/c1-12(20)13-8-14(17-9-13)15(21)18-10-16(2-7-23-11-16)19-3-5-22-6-4-19/h8-9,17H,2-7,10-11H2,1H3,(H,18,21)/t16-/m0/s1. The maximum absolute atomic E-state index is 12.4. The predicted octanol–water partition coefficient (Wildman–Crippen LogP) is 1.15. The number of H-pyrrole nitrogens is 1. The van der Waals surface area contributed by atoms with Crippen molar-refractivity contribution in [2.45, 2.75) is 18.9 Å². The zero-order valence-corrected chi connectivity index (χ0v) is 14.2. The molecule has 3 rings (SSSR count). The minimum atomic E-state index is -0.151. The quantitative estimate of drug-likeness (QED) is 0.789. The van der Waals surface area contributed by atoms with E-state index in [0.717, 1.165) is 44.2 Å². The van der Waals surface area contributed by atoms with Crippen LogP contribution in [0.4, 0.5) is 0 Å². The molecule has 2 aliphatic rings. The first-order valence-corrected chi connectivity index (χ1v) is 9.14. The Balaban J connectivity index is 1.64. The van der Waals surface area contributed by atoms with E-state index in [0.29, 0.717) is 17.8 Å². The van der Waals surface area contributed by atoms with E-state index in [1.807, 2.05) is 11.8 Å². The molecule has 0 saturated carbocycles. The third kappa shape index (κ3) is 3.62. The number of thioether (sulfide) groups is 1. The number of morpholine rings is 1. The van der Waals surface area contributed by atoms with E-state index in [9.17, 15) is 9.59 Å². The second-order valence-corrected chi connectivity index (χ2v) is 7.27. The summed E-state index contributed by atoms with van der Waals surface area (Å²) in [6, 6.07) is 1.61. The van der Waals surface area contributed by atoms with E-state index < -0.39 is 0 Å². The van der Waals surface area contributed by atoms with Crippen molar-refractivity contribution in [2.75, 3.05) is 44.4 Å². The van der Waals surface area contributed by atoms with Crippen LogP contribution in [0.2, 0.25) is 0 Å². The topological polar surface area (TPSA) is 74.4 Å². The molecule has 0 bridgehead atoms. The van der Waals surface area contributed by atoms with Gasteiger partial charge in [-0.2, -0.15) is 11.8 Å². The first kappa shape index (κ1) is 16.5. The molecule has 0 aromatic carbocycles. The van der Waals surface area contributed by atoms with Gasteiger partial charge in [-0.15, -0.1) is 0 Å². The van der Waals surface area contributed by atoms with Crippen LogP contribution < -0.4 is 5.32 Å². The molecule has 6 nitrogen and oxygen atoms in total. The van der Waals surface area contributed by atoms with Crippen LogP contribution in [-0.4, -0.2) is 71.5 Å². The van der Waals surface area contributed by atoms with Crippen molar-refractivity contribution in [1.82, 2.24) is 15.2 Å². The average Bonchev–Trinajstić information content (AvgIpc) is 3.24. The fraction of sp³-hybridized carbons (Fsp3) is 0.625. The second-order valence-electron chi connectivity index (χ2n) is 6.17. The lowest BCUT2D eigenvalue weighted by Gasteiger charge is -2.43. The molecule has 2 N–H and O–H groups in total. The van der Waals surface area contributed by atoms with Crippen molar-refractivity contribution >= 4 is 23.5 Å². The van der Waals surface area contributed by atoms with Crippen LogP contribution >= 0.6 is 11.8 Å². The number of ketones is 1. The fourth-order valence-corrected chi connectivity index (χ4v) is 4.68. The summed E-state index contributed by atoms with van der Waals surface area (Å²) in [5.41, 5.74) is 1.01. The summed E-state index contributed by atoms with van der Waals surface area (Å²) in [4.78, 5) is 29.0. The summed E-state index contributed by atoms with van der Waals surface area (Å²) in [6.07, 6.45) is 2.67. The van der Waals surface area contributed by atoms with Crippen molar-refractivity contribution in [1.29, 1.82) is 0 Å². The molecule has 0 aliphatic carbocycles. The van der Waals surface area contributed by atoms with Crippen LogP contribution in [0.1, 0.15) is 34.2 Å². The molecule has 23 heavy (non-hydrogen) atoms. The van der Waals surface area contributed by atoms with E-state index in [1.165, 1.54) is 6.92 Å². The Bertz CT molecular complexity index is 575. The lowest BCUT2D eigenvalue weighted by atomic mass is 9.95. The van der Waals surface area contributed by atoms with Crippen molar-refractivity contribution in [2.24, 2.45) is 0 Å². The van der Waals surface area contributed by atoms with Gasteiger partial charge in [0.2, 0.25) is 0 Å². The molecule has 1 aromatic rings. The van der Waals surface area contributed by atoms with Gasteiger partial charge >= 0.3 is 0 Å². The Labute approximate surface area is 140 Å². The molecule has 0 unspecified atom stereocenters. The molecule has 0 radical (unpaired) electrons. The first-order valence-electron chi connectivity index (χ1n) is 7.99. The highest BCUT2D eigenvalue weighted by Gasteiger charge is 2.40. The Morgan fingerprint density at radius 1 is 1.43 bits per heavy atom. The van der Waals surface area contributed by atoms with Crippen LogP contribution in [0.3, 0.4) is 0 Å². The Hall–Kier alpha value is -1.31. The van der Waals surface area contributed by atoms with Gasteiger partial charge in [0.15, 0.2) is 5.78 Å². The van der Waals surface area contributed by atoms with Gasteiger partial charge in [0.25, 0.3) is 5.91 Å². The van der Waals surface area contributed by atoms with Gasteiger partial charge in [-0.1, -0.05) is 0 Å². The SMILES string of the molecule is CC(=O)c1c[nH]c(C(=O)NC[C@@]2(N3CCOCC3)CCSC2)c1. The fourth-order valence-electron chi connectivity index (χ4n) is 3.20. The molecule has 7 heteroatoms. The van der Waals surface area contributed by atoms with Crippen molar-refractivity contribution in [3.8, 4) is 0 Å². The van der Waals surface area contributed by atoms with E-state index in [4.69, 9.17) is 4.74 Å². The van der Waals surface area contributed by atoms with Gasteiger partial charge in [0, 0.05) is 42.7 Å². The highest BCUT2D eigenvalue weighted by atomic mass is 32.2. The van der Waals surface area contributed by atoms with E-state index >= 15 is 0 Å². The predicted molar refractivity (Wildman–Crippen MR) is 90.2 cm³/mol.